The summed E-state index contributed by atoms with van der Waals surface area (Å²) in [6.45, 7) is 2.41. The van der Waals surface area contributed by atoms with Gasteiger partial charge in [-0.2, -0.15) is 5.10 Å². The first-order valence-corrected chi connectivity index (χ1v) is 5.82. The summed E-state index contributed by atoms with van der Waals surface area (Å²) in [6.07, 6.45) is 3.41. The van der Waals surface area contributed by atoms with Crippen molar-refractivity contribution < 1.29 is 4.79 Å². The molecule has 2 aromatic heterocycles. The average molecular weight is 296 g/mol. The number of nitrogens with one attached hydrogen (secondary N) is 1. The number of rotatable bonds is 3. The van der Waals surface area contributed by atoms with Gasteiger partial charge in [0.2, 0.25) is 0 Å². The third kappa shape index (κ3) is 2.68. The Morgan fingerprint density at radius 1 is 1.47 bits per heavy atom. The van der Waals surface area contributed by atoms with Crippen LogP contribution >= 0.6 is 15.9 Å². The molecule has 0 aliphatic rings. The van der Waals surface area contributed by atoms with Crippen molar-refractivity contribution in [3.05, 3.63) is 34.7 Å². The molecule has 2 rings (SSSR count). The van der Waals surface area contributed by atoms with Gasteiger partial charge in [0.1, 0.15) is 0 Å². The second kappa shape index (κ2) is 5.05. The van der Waals surface area contributed by atoms with E-state index in [-0.39, 0.29) is 5.91 Å². The van der Waals surface area contributed by atoms with Crippen molar-refractivity contribution in [2.45, 2.75) is 6.92 Å². The van der Waals surface area contributed by atoms with Crippen molar-refractivity contribution in [1.29, 1.82) is 0 Å². The van der Waals surface area contributed by atoms with E-state index in [0.717, 1.165) is 4.47 Å². The standard InChI is InChI=1S/C10H10BrN5O/c1-2-12-10(17)8-3-4-9(15-14-8)16-6-7(11)5-13-16/h3-6H,2H2,1H3,(H,12,17). The highest BCUT2D eigenvalue weighted by molar-refractivity contribution is 9.10. The Balaban J connectivity index is 2.21. The minimum Gasteiger partial charge on any atom is -0.351 e. The summed E-state index contributed by atoms with van der Waals surface area (Å²) in [4.78, 5) is 11.5. The van der Waals surface area contributed by atoms with E-state index in [1.807, 2.05) is 6.92 Å². The van der Waals surface area contributed by atoms with Crippen LogP contribution in [0.5, 0.6) is 0 Å². The van der Waals surface area contributed by atoms with Gasteiger partial charge in [-0.1, -0.05) is 0 Å². The van der Waals surface area contributed by atoms with Gasteiger partial charge in [-0.05, 0) is 35.0 Å². The zero-order valence-corrected chi connectivity index (χ0v) is 10.7. The topological polar surface area (TPSA) is 72.7 Å². The lowest BCUT2D eigenvalue weighted by atomic mass is 10.3. The fourth-order valence-electron chi connectivity index (χ4n) is 1.25. The predicted octanol–water partition coefficient (Wildman–Crippen LogP) is 1.17. The quantitative estimate of drug-likeness (QED) is 0.923. The van der Waals surface area contributed by atoms with Gasteiger partial charge in [0.05, 0.1) is 10.7 Å². The third-order valence-electron chi connectivity index (χ3n) is 2.01. The number of aromatic nitrogens is 4. The van der Waals surface area contributed by atoms with E-state index in [9.17, 15) is 4.79 Å². The molecule has 0 fully saturated rings. The Bertz CT molecular complexity index is 522. The smallest absolute Gasteiger partial charge is 0.271 e. The largest absolute Gasteiger partial charge is 0.351 e. The van der Waals surface area contributed by atoms with E-state index in [4.69, 9.17) is 0 Å². The molecule has 0 bridgehead atoms. The predicted molar refractivity (Wildman–Crippen MR) is 64.9 cm³/mol. The second-order valence-corrected chi connectivity index (χ2v) is 4.16. The van der Waals surface area contributed by atoms with Crippen LogP contribution in [0.4, 0.5) is 0 Å². The van der Waals surface area contributed by atoms with Crippen LogP contribution in [-0.4, -0.2) is 32.4 Å². The molecule has 0 unspecified atom stereocenters. The fraction of sp³-hybridized carbons (Fsp3) is 0.200. The molecule has 88 valence electrons. The van der Waals surface area contributed by atoms with Crippen LogP contribution in [0.3, 0.4) is 0 Å². The van der Waals surface area contributed by atoms with Crippen LogP contribution in [0.25, 0.3) is 5.82 Å². The van der Waals surface area contributed by atoms with Crippen molar-refractivity contribution in [1.82, 2.24) is 25.3 Å². The first kappa shape index (κ1) is 11.7. The number of carbonyl (C=O) groups excluding carboxylic acids is 1. The van der Waals surface area contributed by atoms with Crippen molar-refractivity contribution >= 4 is 21.8 Å². The number of amides is 1. The van der Waals surface area contributed by atoms with Crippen molar-refractivity contribution in [3.8, 4) is 5.82 Å². The molecule has 0 aromatic carbocycles. The summed E-state index contributed by atoms with van der Waals surface area (Å²) in [5.41, 5.74) is 0.293. The van der Waals surface area contributed by atoms with E-state index in [0.29, 0.717) is 18.1 Å². The van der Waals surface area contributed by atoms with Gasteiger partial charge in [0, 0.05) is 12.7 Å². The minimum atomic E-state index is -0.229. The molecule has 0 saturated heterocycles. The molecular weight excluding hydrogens is 286 g/mol. The molecule has 0 aliphatic heterocycles. The summed E-state index contributed by atoms with van der Waals surface area (Å²) in [6, 6.07) is 3.31. The maximum Gasteiger partial charge on any atom is 0.271 e. The van der Waals surface area contributed by atoms with Gasteiger partial charge in [0.25, 0.3) is 5.91 Å². The van der Waals surface area contributed by atoms with Gasteiger partial charge in [0.15, 0.2) is 11.5 Å². The normalized spacial score (nSPS) is 10.2. The first-order valence-electron chi connectivity index (χ1n) is 5.03. The van der Waals surface area contributed by atoms with Gasteiger partial charge in [-0.25, -0.2) is 4.68 Å². The Labute approximate surface area is 106 Å². The van der Waals surface area contributed by atoms with Crippen LogP contribution < -0.4 is 5.32 Å². The van der Waals surface area contributed by atoms with Crippen LogP contribution in [-0.2, 0) is 0 Å². The zero-order valence-electron chi connectivity index (χ0n) is 9.09. The van der Waals surface area contributed by atoms with E-state index >= 15 is 0 Å². The van der Waals surface area contributed by atoms with E-state index < -0.39 is 0 Å². The number of hydrogen-bond donors (Lipinski definition) is 1. The second-order valence-electron chi connectivity index (χ2n) is 3.24. The Morgan fingerprint density at radius 2 is 2.29 bits per heavy atom. The molecule has 0 spiro atoms. The first-order chi connectivity index (χ1) is 8.20. The molecule has 2 aromatic rings. The van der Waals surface area contributed by atoms with E-state index in [2.05, 4.69) is 36.5 Å². The highest BCUT2D eigenvalue weighted by Gasteiger charge is 2.07. The molecule has 0 saturated carbocycles. The van der Waals surface area contributed by atoms with Crippen molar-refractivity contribution in [2.24, 2.45) is 0 Å². The lowest BCUT2D eigenvalue weighted by Gasteiger charge is -2.02. The Morgan fingerprint density at radius 3 is 2.82 bits per heavy atom. The Hall–Kier alpha value is -1.76. The third-order valence-corrected chi connectivity index (χ3v) is 2.42. The molecule has 7 heteroatoms. The van der Waals surface area contributed by atoms with Crippen LogP contribution in [0, 0.1) is 0 Å². The van der Waals surface area contributed by atoms with Crippen molar-refractivity contribution in [2.75, 3.05) is 6.54 Å². The minimum absolute atomic E-state index is 0.229. The summed E-state index contributed by atoms with van der Waals surface area (Å²) >= 11 is 3.29. The van der Waals surface area contributed by atoms with Gasteiger partial charge < -0.3 is 5.32 Å². The van der Waals surface area contributed by atoms with Crippen LogP contribution in [0.1, 0.15) is 17.4 Å². The summed E-state index contributed by atoms with van der Waals surface area (Å²) in [5.74, 6) is 0.331. The molecule has 0 aliphatic carbocycles. The maximum atomic E-state index is 11.5. The van der Waals surface area contributed by atoms with Gasteiger partial charge >= 0.3 is 0 Å². The maximum absolute atomic E-state index is 11.5. The summed E-state index contributed by atoms with van der Waals surface area (Å²) in [5, 5.41) is 14.5. The number of nitrogens with zero attached hydrogens (tertiary/aromatic N) is 4. The SMILES string of the molecule is CCNC(=O)c1ccc(-n2cc(Br)cn2)nn1. The number of halogens is 1. The van der Waals surface area contributed by atoms with Crippen LogP contribution in [0.2, 0.25) is 0 Å². The summed E-state index contributed by atoms with van der Waals surface area (Å²) < 4.78 is 2.42. The molecule has 2 heterocycles. The van der Waals surface area contributed by atoms with Crippen molar-refractivity contribution in [3.63, 3.8) is 0 Å². The molecule has 1 N–H and O–H groups in total. The highest BCUT2D eigenvalue weighted by Crippen LogP contribution is 2.10. The lowest BCUT2D eigenvalue weighted by molar-refractivity contribution is 0.0950. The number of carbonyl (C=O) groups is 1. The van der Waals surface area contributed by atoms with E-state index in [1.54, 1.807) is 29.2 Å². The monoisotopic (exact) mass is 295 g/mol. The molecule has 0 atom stereocenters. The van der Waals surface area contributed by atoms with Crippen LogP contribution in [0.15, 0.2) is 29.0 Å². The highest BCUT2D eigenvalue weighted by atomic mass is 79.9. The molecule has 6 nitrogen and oxygen atoms in total. The van der Waals surface area contributed by atoms with E-state index in [1.165, 1.54) is 0 Å². The Kier molecular flexibility index (Phi) is 3.48. The average Bonchev–Trinajstić information content (AvgIpc) is 2.76. The number of hydrogen-bond acceptors (Lipinski definition) is 4. The zero-order chi connectivity index (χ0) is 12.3. The molecule has 1 amide bonds. The lowest BCUT2D eigenvalue weighted by Crippen LogP contribution is -2.24. The molecule has 17 heavy (non-hydrogen) atoms. The fourth-order valence-corrected chi connectivity index (χ4v) is 1.53. The van der Waals surface area contributed by atoms with Gasteiger partial charge in [-0.3, -0.25) is 4.79 Å². The molecular formula is C10H10BrN5O. The van der Waals surface area contributed by atoms with Gasteiger partial charge in [-0.15, -0.1) is 10.2 Å². The summed E-state index contributed by atoms with van der Waals surface area (Å²) in [7, 11) is 0. The molecule has 0 radical (unpaired) electrons.